The summed E-state index contributed by atoms with van der Waals surface area (Å²) in [5, 5.41) is 9.85. The minimum absolute atomic E-state index is 0.168. The zero-order valence-electron chi connectivity index (χ0n) is 7.50. The summed E-state index contributed by atoms with van der Waals surface area (Å²) >= 11 is 0. The van der Waals surface area contributed by atoms with Crippen LogP contribution in [0.15, 0.2) is 18.2 Å². The summed E-state index contributed by atoms with van der Waals surface area (Å²) in [4.78, 5) is 0. The van der Waals surface area contributed by atoms with Crippen molar-refractivity contribution in [2.24, 2.45) is 5.73 Å². The van der Waals surface area contributed by atoms with Crippen LogP contribution >= 0.6 is 0 Å². The lowest BCUT2D eigenvalue weighted by atomic mass is 9.71. The molecule has 1 saturated carbocycles. The highest BCUT2D eigenvalue weighted by Crippen LogP contribution is 2.42. The second-order valence-corrected chi connectivity index (χ2v) is 3.80. The van der Waals surface area contributed by atoms with Crippen LogP contribution in [-0.2, 0) is 5.60 Å². The molecule has 3 N–H and O–H groups in total. The SMILES string of the molecule is NC1CC(O)(c2c(F)cccc2F)C1. The molecule has 4 heteroatoms. The molecule has 0 amide bonds. The molecule has 1 aromatic carbocycles. The molecule has 0 atom stereocenters. The molecule has 0 spiro atoms. The topological polar surface area (TPSA) is 46.2 Å². The minimum Gasteiger partial charge on any atom is -0.385 e. The number of nitrogens with two attached hydrogens (primary N) is 1. The molecule has 1 aliphatic carbocycles. The van der Waals surface area contributed by atoms with E-state index in [4.69, 9.17) is 5.73 Å². The highest BCUT2D eigenvalue weighted by molar-refractivity contribution is 5.29. The average molecular weight is 199 g/mol. The predicted molar refractivity (Wildman–Crippen MR) is 47.5 cm³/mol. The van der Waals surface area contributed by atoms with Crippen LogP contribution in [0.4, 0.5) is 8.78 Å². The third kappa shape index (κ3) is 1.31. The molecule has 2 rings (SSSR count). The molecular weight excluding hydrogens is 188 g/mol. The lowest BCUT2D eigenvalue weighted by Crippen LogP contribution is -2.50. The summed E-state index contributed by atoms with van der Waals surface area (Å²) in [6.45, 7) is 0. The minimum atomic E-state index is -1.41. The van der Waals surface area contributed by atoms with Gasteiger partial charge in [-0.15, -0.1) is 0 Å². The van der Waals surface area contributed by atoms with Gasteiger partial charge in [0, 0.05) is 6.04 Å². The van der Waals surface area contributed by atoms with E-state index in [9.17, 15) is 13.9 Å². The molecule has 1 aromatic rings. The van der Waals surface area contributed by atoms with Crippen molar-refractivity contribution < 1.29 is 13.9 Å². The van der Waals surface area contributed by atoms with Crippen molar-refractivity contribution in [1.29, 1.82) is 0 Å². The Bertz CT molecular complexity index is 341. The molecule has 14 heavy (non-hydrogen) atoms. The van der Waals surface area contributed by atoms with Crippen molar-refractivity contribution in [3.05, 3.63) is 35.4 Å². The third-order valence-electron chi connectivity index (χ3n) is 2.63. The van der Waals surface area contributed by atoms with Gasteiger partial charge in [0.1, 0.15) is 11.6 Å². The van der Waals surface area contributed by atoms with Gasteiger partial charge in [0.15, 0.2) is 0 Å². The van der Waals surface area contributed by atoms with E-state index in [0.717, 1.165) is 12.1 Å². The van der Waals surface area contributed by atoms with Gasteiger partial charge in [-0.25, -0.2) is 8.78 Å². The van der Waals surface area contributed by atoms with Gasteiger partial charge in [0.05, 0.1) is 11.2 Å². The van der Waals surface area contributed by atoms with Crippen LogP contribution < -0.4 is 5.73 Å². The van der Waals surface area contributed by atoms with Crippen molar-refractivity contribution in [2.45, 2.75) is 24.5 Å². The van der Waals surface area contributed by atoms with Gasteiger partial charge in [0.2, 0.25) is 0 Å². The first-order valence-electron chi connectivity index (χ1n) is 4.45. The first-order chi connectivity index (χ1) is 6.53. The summed E-state index contributed by atoms with van der Waals surface area (Å²) in [6, 6.07) is 3.38. The van der Waals surface area contributed by atoms with Crippen LogP contribution in [0.2, 0.25) is 0 Å². The number of benzene rings is 1. The van der Waals surface area contributed by atoms with Gasteiger partial charge in [-0.3, -0.25) is 0 Å². The predicted octanol–water partition coefficient (Wildman–Crippen LogP) is 1.27. The van der Waals surface area contributed by atoms with Crippen LogP contribution in [0.1, 0.15) is 18.4 Å². The molecule has 0 radical (unpaired) electrons. The quantitative estimate of drug-likeness (QED) is 0.715. The van der Waals surface area contributed by atoms with Crippen molar-refractivity contribution in [1.82, 2.24) is 0 Å². The molecule has 0 aliphatic heterocycles. The molecule has 0 saturated heterocycles. The number of halogens is 2. The normalized spacial score (nSPS) is 31.3. The Labute approximate surface area is 80.4 Å². The standard InChI is InChI=1S/C10H11F2NO/c11-7-2-1-3-8(12)9(7)10(14)4-6(13)5-10/h1-3,6,14H,4-5,13H2. The Hall–Kier alpha value is -1.00. The van der Waals surface area contributed by atoms with Crippen LogP contribution in [0, 0.1) is 11.6 Å². The van der Waals surface area contributed by atoms with Gasteiger partial charge in [-0.1, -0.05) is 6.07 Å². The second-order valence-electron chi connectivity index (χ2n) is 3.80. The largest absolute Gasteiger partial charge is 0.385 e. The number of aliphatic hydroxyl groups is 1. The van der Waals surface area contributed by atoms with Crippen LogP contribution in [0.3, 0.4) is 0 Å². The Morgan fingerprint density at radius 1 is 1.29 bits per heavy atom. The fraction of sp³-hybridized carbons (Fsp3) is 0.400. The maximum Gasteiger partial charge on any atom is 0.132 e. The van der Waals surface area contributed by atoms with E-state index in [-0.39, 0.29) is 24.4 Å². The Kier molecular flexibility index (Phi) is 2.05. The van der Waals surface area contributed by atoms with Gasteiger partial charge in [0.25, 0.3) is 0 Å². The molecule has 1 aliphatic rings. The summed E-state index contributed by atoms with van der Waals surface area (Å²) in [6.07, 6.45) is 0.426. The Balaban J connectivity index is 2.41. The Morgan fingerprint density at radius 2 is 1.79 bits per heavy atom. The van der Waals surface area contributed by atoms with Crippen molar-refractivity contribution in [3.8, 4) is 0 Å². The number of hydrogen-bond donors (Lipinski definition) is 2. The smallest absolute Gasteiger partial charge is 0.132 e. The molecule has 76 valence electrons. The van der Waals surface area contributed by atoms with Crippen molar-refractivity contribution in [3.63, 3.8) is 0 Å². The fourth-order valence-electron chi connectivity index (χ4n) is 1.95. The second kappa shape index (κ2) is 3.00. The monoisotopic (exact) mass is 199 g/mol. The van der Waals surface area contributed by atoms with E-state index in [2.05, 4.69) is 0 Å². The summed E-state index contributed by atoms with van der Waals surface area (Å²) in [5.74, 6) is -1.42. The molecule has 0 heterocycles. The van der Waals surface area contributed by atoms with E-state index in [0.29, 0.717) is 0 Å². The molecule has 2 nitrogen and oxygen atoms in total. The van der Waals surface area contributed by atoms with Crippen LogP contribution in [-0.4, -0.2) is 11.1 Å². The van der Waals surface area contributed by atoms with Crippen molar-refractivity contribution >= 4 is 0 Å². The first-order valence-corrected chi connectivity index (χ1v) is 4.45. The zero-order valence-corrected chi connectivity index (χ0v) is 7.50. The van der Waals surface area contributed by atoms with Crippen molar-refractivity contribution in [2.75, 3.05) is 0 Å². The maximum atomic E-state index is 13.3. The van der Waals surface area contributed by atoms with Gasteiger partial charge < -0.3 is 10.8 Å². The lowest BCUT2D eigenvalue weighted by molar-refractivity contribution is -0.0577. The van der Waals surface area contributed by atoms with E-state index in [1.807, 2.05) is 0 Å². The Morgan fingerprint density at radius 3 is 2.21 bits per heavy atom. The molecular formula is C10H11F2NO. The van der Waals surface area contributed by atoms with Gasteiger partial charge in [-0.2, -0.15) is 0 Å². The highest BCUT2D eigenvalue weighted by atomic mass is 19.1. The van der Waals surface area contributed by atoms with E-state index in [1.165, 1.54) is 6.07 Å². The summed E-state index contributed by atoms with van der Waals surface area (Å²) in [5.41, 5.74) is 3.83. The van der Waals surface area contributed by atoms with Crippen LogP contribution in [0.25, 0.3) is 0 Å². The average Bonchev–Trinajstić information content (AvgIpc) is 2.00. The third-order valence-corrected chi connectivity index (χ3v) is 2.63. The summed E-state index contributed by atoms with van der Waals surface area (Å²) < 4.78 is 26.5. The zero-order chi connectivity index (χ0) is 10.3. The molecule has 0 aromatic heterocycles. The molecule has 0 unspecified atom stereocenters. The number of rotatable bonds is 1. The number of hydrogen-bond acceptors (Lipinski definition) is 2. The van der Waals surface area contributed by atoms with E-state index < -0.39 is 17.2 Å². The fourth-order valence-corrected chi connectivity index (χ4v) is 1.95. The van der Waals surface area contributed by atoms with Gasteiger partial charge >= 0.3 is 0 Å². The molecule has 1 fully saturated rings. The van der Waals surface area contributed by atoms with E-state index in [1.54, 1.807) is 0 Å². The first kappa shape index (κ1) is 9.55. The highest BCUT2D eigenvalue weighted by Gasteiger charge is 2.45. The summed E-state index contributed by atoms with van der Waals surface area (Å²) in [7, 11) is 0. The molecule has 0 bridgehead atoms. The lowest BCUT2D eigenvalue weighted by Gasteiger charge is -2.42. The van der Waals surface area contributed by atoms with Crippen LogP contribution in [0.5, 0.6) is 0 Å². The van der Waals surface area contributed by atoms with Gasteiger partial charge in [-0.05, 0) is 25.0 Å². The van der Waals surface area contributed by atoms with E-state index >= 15 is 0 Å². The maximum absolute atomic E-state index is 13.3.